The van der Waals surface area contributed by atoms with Crippen molar-refractivity contribution < 1.29 is 37.1 Å². The molecular weight excluding hydrogens is 548 g/mol. The quantitative estimate of drug-likeness (QED) is 0.188. The first-order valence-corrected chi connectivity index (χ1v) is 13.2. The second kappa shape index (κ2) is 12.1. The van der Waals surface area contributed by atoms with E-state index in [1.807, 2.05) is 0 Å². The topological polar surface area (TPSA) is 160 Å². The van der Waals surface area contributed by atoms with E-state index in [1.165, 1.54) is 36.4 Å². The van der Waals surface area contributed by atoms with E-state index >= 15 is 4.39 Å². The van der Waals surface area contributed by atoms with E-state index in [1.54, 1.807) is 18.9 Å². The van der Waals surface area contributed by atoms with Gasteiger partial charge in [-0.25, -0.2) is 9.37 Å². The number of aromatic nitrogens is 1. The lowest BCUT2D eigenvalue weighted by Crippen LogP contribution is -2.24. The van der Waals surface area contributed by atoms with Gasteiger partial charge in [0.2, 0.25) is 11.6 Å². The summed E-state index contributed by atoms with van der Waals surface area (Å²) in [5.74, 6) is -5.59. The van der Waals surface area contributed by atoms with Gasteiger partial charge in [0.05, 0.1) is 35.7 Å². The maximum atomic E-state index is 15.5. The van der Waals surface area contributed by atoms with Gasteiger partial charge >= 0.3 is 5.97 Å². The van der Waals surface area contributed by atoms with Crippen LogP contribution in [-0.2, 0) is 20.3 Å². The number of phenols is 1. The van der Waals surface area contributed by atoms with Crippen LogP contribution in [0.25, 0.3) is 0 Å². The molecule has 1 unspecified atom stereocenters. The summed E-state index contributed by atoms with van der Waals surface area (Å²) in [4.78, 5) is 21.9. The van der Waals surface area contributed by atoms with E-state index in [4.69, 9.17) is 25.4 Å². The molecule has 210 valence electrons. The Labute approximate surface area is 230 Å². The Balaban J connectivity index is 1.70. The van der Waals surface area contributed by atoms with Gasteiger partial charge in [-0.05, 0) is 43.3 Å². The maximum Gasteiger partial charge on any atom is 0.318 e. The van der Waals surface area contributed by atoms with Crippen molar-refractivity contribution >= 4 is 28.4 Å². The summed E-state index contributed by atoms with van der Waals surface area (Å²) in [5.41, 5.74) is 5.94. The van der Waals surface area contributed by atoms with Crippen molar-refractivity contribution in [3.8, 4) is 28.9 Å². The molecule has 2 aromatic carbocycles. The number of phenolic OH excluding ortho intramolecular Hbond substituents is 1. The van der Waals surface area contributed by atoms with Crippen LogP contribution in [0.15, 0.2) is 52.5 Å². The van der Waals surface area contributed by atoms with Crippen LogP contribution in [0.5, 0.6) is 28.9 Å². The third-order valence-corrected chi connectivity index (χ3v) is 6.93. The Hall–Kier alpha value is -4.59. The van der Waals surface area contributed by atoms with Gasteiger partial charge < -0.3 is 30.0 Å². The Bertz CT molecular complexity index is 1530. The summed E-state index contributed by atoms with van der Waals surface area (Å²) < 4.78 is 59.0. The van der Waals surface area contributed by atoms with Gasteiger partial charge in [-0.2, -0.15) is 4.39 Å². The zero-order valence-electron chi connectivity index (χ0n) is 21.4. The third kappa shape index (κ3) is 6.17. The van der Waals surface area contributed by atoms with Gasteiger partial charge in [-0.15, -0.1) is 0 Å². The number of aliphatic imine (C=N–C) groups is 1. The second-order valence-corrected chi connectivity index (χ2v) is 9.89. The van der Waals surface area contributed by atoms with Crippen molar-refractivity contribution in [2.45, 2.75) is 11.8 Å². The highest BCUT2D eigenvalue weighted by Crippen LogP contribution is 2.38. The van der Waals surface area contributed by atoms with Gasteiger partial charge in [-0.1, -0.05) is 0 Å². The number of aromatic hydroxyl groups is 1. The van der Waals surface area contributed by atoms with E-state index in [-0.39, 0.29) is 40.2 Å². The molecule has 4 N–H and O–H groups in total. The number of carbonyl (C=O) groups excluding carboxylic acids is 1. The highest BCUT2D eigenvalue weighted by molar-refractivity contribution is 7.85. The number of benzene rings is 2. The SMILES string of the molecule is CCOC(=O)CS(=O)c1ccc(Oc2c(F)cnc(Oc3cc(C(=N)N)ccc3O)c2F)c(C2=NCCN2C)c1. The fourth-order valence-corrected chi connectivity index (χ4v) is 4.64. The van der Waals surface area contributed by atoms with E-state index < -0.39 is 45.8 Å². The van der Waals surface area contributed by atoms with Crippen LogP contribution in [0.1, 0.15) is 18.1 Å². The van der Waals surface area contributed by atoms with Crippen LogP contribution >= 0.6 is 0 Å². The van der Waals surface area contributed by atoms with Crippen LogP contribution < -0.4 is 15.2 Å². The summed E-state index contributed by atoms with van der Waals surface area (Å²) in [7, 11) is -0.000647. The summed E-state index contributed by atoms with van der Waals surface area (Å²) in [6, 6.07) is 8.01. The lowest BCUT2D eigenvalue weighted by molar-refractivity contribution is -0.139. The average Bonchev–Trinajstić information content (AvgIpc) is 3.34. The summed E-state index contributed by atoms with van der Waals surface area (Å²) >= 11 is 0. The Morgan fingerprint density at radius 1 is 1.20 bits per heavy atom. The smallest absolute Gasteiger partial charge is 0.318 e. The predicted molar refractivity (Wildman–Crippen MR) is 142 cm³/mol. The zero-order chi connectivity index (χ0) is 29.0. The number of likely N-dealkylation sites (N-methyl/N-ethyl adjacent to an activating group) is 1. The summed E-state index contributed by atoms with van der Waals surface area (Å²) in [5, 5.41) is 17.6. The normalized spacial score (nSPS) is 13.5. The molecule has 0 spiro atoms. The molecule has 0 radical (unpaired) electrons. The molecule has 0 saturated heterocycles. The highest BCUT2D eigenvalue weighted by atomic mass is 32.2. The summed E-state index contributed by atoms with van der Waals surface area (Å²) in [6.45, 7) is 2.81. The van der Waals surface area contributed by atoms with Crippen LogP contribution in [0, 0.1) is 17.0 Å². The number of nitrogens with one attached hydrogen (secondary N) is 1. The van der Waals surface area contributed by atoms with Crippen LogP contribution in [0.3, 0.4) is 0 Å². The Kier molecular flexibility index (Phi) is 8.58. The number of esters is 1. The zero-order valence-corrected chi connectivity index (χ0v) is 22.3. The maximum absolute atomic E-state index is 15.5. The molecule has 0 bridgehead atoms. The van der Waals surface area contributed by atoms with Crippen molar-refractivity contribution in [3.05, 3.63) is 65.4 Å². The fraction of sp³-hybridized carbons (Fsp3) is 0.231. The Morgan fingerprint density at radius 3 is 2.65 bits per heavy atom. The van der Waals surface area contributed by atoms with E-state index in [0.29, 0.717) is 30.7 Å². The number of hydrogen-bond donors (Lipinski definition) is 3. The molecule has 4 rings (SSSR count). The van der Waals surface area contributed by atoms with Crippen molar-refractivity contribution in [1.82, 2.24) is 9.88 Å². The minimum atomic E-state index is -1.76. The number of nitrogens with zero attached hydrogens (tertiary/aromatic N) is 3. The standard InChI is InChI=1S/C26H25F2N5O6S/c1-3-37-21(35)13-40(36)15-5-7-19(16(11-15)25-31-8-9-33(25)2)38-23-17(27)12-32-26(22(23)28)39-20-10-14(24(29)30)4-6-18(20)34/h4-7,10-12,34H,3,8-9,13H2,1-2H3,(H3,29,30). The number of nitrogens with two attached hydrogens (primary N) is 1. The van der Waals surface area contributed by atoms with Crippen molar-refractivity contribution in [3.63, 3.8) is 0 Å². The molecule has 0 saturated carbocycles. The molecule has 1 aromatic heterocycles. The molecular formula is C26H25F2N5O6S. The summed E-state index contributed by atoms with van der Waals surface area (Å²) in [6.07, 6.45) is 0.682. The molecule has 1 aliphatic heterocycles. The number of carbonyl (C=O) groups is 1. The fourth-order valence-electron chi connectivity index (χ4n) is 3.71. The molecule has 1 aliphatic rings. The monoisotopic (exact) mass is 573 g/mol. The lowest BCUT2D eigenvalue weighted by Gasteiger charge is -2.19. The van der Waals surface area contributed by atoms with Crippen molar-refractivity contribution in [1.29, 1.82) is 5.41 Å². The number of pyridine rings is 1. The first-order valence-electron chi connectivity index (χ1n) is 11.9. The van der Waals surface area contributed by atoms with Crippen LogP contribution in [-0.4, -0.2) is 69.3 Å². The van der Waals surface area contributed by atoms with Gasteiger partial charge in [0.15, 0.2) is 17.3 Å². The van der Waals surface area contributed by atoms with Crippen LogP contribution in [0.4, 0.5) is 8.78 Å². The number of amidine groups is 2. The second-order valence-electron chi connectivity index (χ2n) is 8.43. The van der Waals surface area contributed by atoms with E-state index in [9.17, 15) is 18.5 Å². The average molecular weight is 574 g/mol. The van der Waals surface area contributed by atoms with Crippen LogP contribution in [0.2, 0.25) is 0 Å². The first kappa shape index (κ1) is 28.4. The van der Waals surface area contributed by atoms with Gasteiger partial charge in [-0.3, -0.25) is 19.4 Å². The third-order valence-electron chi connectivity index (χ3n) is 5.66. The first-order chi connectivity index (χ1) is 19.1. The molecule has 0 amide bonds. The number of halogens is 2. The van der Waals surface area contributed by atoms with Gasteiger partial charge in [0.1, 0.15) is 23.2 Å². The molecule has 11 nitrogen and oxygen atoms in total. The molecule has 0 aliphatic carbocycles. The van der Waals surface area contributed by atoms with E-state index in [0.717, 1.165) is 0 Å². The number of hydrogen-bond acceptors (Lipinski definition) is 10. The largest absolute Gasteiger partial charge is 0.504 e. The highest BCUT2D eigenvalue weighted by Gasteiger charge is 2.25. The number of nitrogen functional groups attached to an aromatic ring is 1. The molecule has 40 heavy (non-hydrogen) atoms. The molecule has 14 heteroatoms. The number of ether oxygens (including phenoxy) is 3. The predicted octanol–water partition coefficient (Wildman–Crippen LogP) is 3.30. The molecule has 3 aromatic rings. The molecule has 2 heterocycles. The molecule has 1 atom stereocenters. The van der Waals surface area contributed by atoms with E-state index in [2.05, 4.69) is 9.98 Å². The Morgan fingerprint density at radius 2 is 1.98 bits per heavy atom. The van der Waals surface area contributed by atoms with Crippen molar-refractivity contribution in [2.75, 3.05) is 32.5 Å². The number of rotatable bonds is 10. The minimum Gasteiger partial charge on any atom is -0.504 e. The lowest BCUT2D eigenvalue weighted by atomic mass is 10.1. The molecule has 0 fully saturated rings. The van der Waals surface area contributed by atoms with Gasteiger partial charge in [0, 0.05) is 24.1 Å². The minimum absolute atomic E-state index is 0.0132. The van der Waals surface area contributed by atoms with Crippen molar-refractivity contribution in [2.24, 2.45) is 10.7 Å². The van der Waals surface area contributed by atoms with Gasteiger partial charge in [0.25, 0.3) is 5.88 Å².